The van der Waals surface area contributed by atoms with Crippen molar-refractivity contribution in [1.82, 2.24) is 0 Å². The highest BCUT2D eigenvalue weighted by molar-refractivity contribution is 7.90. The van der Waals surface area contributed by atoms with Crippen molar-refractivity contribution in [3.63, 3.8) is 0 Å². The highest BCUT2D eigenvalue weighted by Crippen LogP contribution is 2.28. The number of rotatable bonds is 7. The molecule has 1 aromatic carbocycles. The van der Waals surface area contributed by atoms with Crippen molar-refractivity contribution in [2.24, 2.45) is 0 Å². The van der Waals surface area contributed by atoms with Crippen LogP contribution in [0.4, 0.5) is 11.4 Å². The van der Waals surface area contributed by atoms with Gasteiger partial charge in [0, 0.05) is 12.3 Å². The lowest BCUT2D eigenvalue weighted by Crippen LogP contribution is -3.06. The number of nitro groups is 1. The minimum atomic E-state index is -3.51. The van der Waals surface area contributed by atoms with Crippen molar-refractivity contribution >= 4 is 21.2 Å². The Morgan fingerprint density at radius 2 is 2.04 bits per heavy atom. The molecule has 0 amide bonds. The maximum atomic E-state index is 11.6. The van der Waals surface area contributed by atoms with Crippen LogP contribution in [0.2, 0.25) is 0 Å². The number of nitrogens with one attached hydrogen (secondary N) is 2. The number of likely N-dealkylation sites (N-methyl/N-ethyl adjacent to an activating group) is 1. The largest absolute Gasteiger partial charge is 0.463 e. The molecule has 1 heterocycles. The van der Waals surface area contributed by atoms with E-state index in [0.29, 0.717) is 6.54 Å². The van der Waals surface area contributed by atoms with E-state index in [2.05, 4.69) is 5.32 Å². The summed E-state index contributed by atoms with van der Waals surface area (Å²) in [6, 6.07) is 7.43. The highest BCUT2D eigenvalue weighted by atomic mass is 32.2. The molecule has 0 saturated heterocycles. The highest BCUT2D eigenvalue weighted by Gasteiger charge is 2.23. The minimum Gasteiger partial charge on any atom is -0.463 e. The molecule has 0 radical (unpaired) electrons. The summed E-state index contributed by atoms with van der Waals surface area (Å²) in [6.07, 6.45) is 2.59. The molecule has 0 spiro atoms. The molecule has 2 N–H and O–H groups in total. The van der Waals surface area contributed by atoms with Crippen LogP contribution in [0.15, 0.2) is 45.9 Å². The zero-order valence-corrected chi connectivity index (χ0v) is 14.5. The van der Waals surface area contributed by atoms with Crippen LogP contribution in [-0.2, 0) is 9.84 Å². The normalized spacial score (nSPS) is 13.0. The second-order valence-electron chi connectivity index (χ2n) is 5.73. The Balaban J connectivity index is 2.27. The molecule has 130 valence electrons. The van der Waals surface area contributed by atoms with E-state index >= 15 is 0 Å². The van der Waals surface area contributed by atoms with E-state index in [0.717, 1.165) is 23.0 Å². The number of quaternary nitrogens is 1. The van der Waals surface area contributed by atoms with Gasteiger partial charge in [0.25, 0.3) is 5.69 Å². The van der Waals surface area contributed by atoms with Crippen molar-refractivity contribution in [2.45, 2.75) is 10.9 Å². The van der Waals surface area contributed by atoms with E-state index in [1.807, 2.05) is 20.2 Å². The molecule has 0 aliphatic heterocycles. The van der Waals surface area contributed by atoms with Crippen LogP contribution in [-0.4, -0.2) is 40.2 Å². The van der Waals surface area contributed by atoms with Crippen molar-refractivity contribution in [3.8, 4) is 0 Å². The Morgan fingerprint density at radius 1 is 1.33 bits per heavy atom. The van der Waals surface area contributed by atoms with Gasteiger partial charge in [-0.1, -0.05) is 0 Å². The Morgan fingerprint density at radius 3 is 2.54 bits per heavy atom. The quantitative estimate of drug-likeness (QED) is 0.565. The molecule has 1 atom stereocenters. The number of hydrogen-bond donors (Lipinski definition) is 2. The standard InChI is InChI=1S/C15H19N3O5S/c1-17(2)14(15-5-4-8-23-15)10-16-12-7-6-11(24(3,21)22)9-13(12)18(19)20/h4-9,14,16H,10H2,1-3H3/p+1/t14-/m1/s1. The van der Waals surface area contributed by atoms with Crippen molar-refractivity contribution in [2.75, 3.05) is 32.2 Å². The summed E-state index contributed by atoms with van der Waals surface area (Å²) in [6.45, 7) is 0.398. The first-order chi connectivity index (χ1) is 11.2. The molecule has 24 heavy (non-hydrogen) atoms. The third-order valence-electron chi connectivity index (χ3n) is 3.67. The first-order valence-corrected chi connectivity index (χ1v) is 9.15. The summed E-state index contributed by atoms with van der Waals surface area (Å²) in [4.78, 5) is 11.7. The minimum absolute atomic E-state index is 0.0470. The van der Waals surface area contributed by atoms with Gasteiger partial charge in [-0.2, -0.15) is 0 Å². The molecule has 0 aliphatic carbocycles. The SMILES string of the molecule is C[NH+](C)[C@H](CNc1ccc(S(C)(=O)=O)cc1[N+](=O)[O-])c1ccco1. The fourth-order valence-corrected chi connectivity index (χ4v) is 2.97. The van der Waals surface area contributed by atoms with Gasteiger partial charge in [-0.3, -0.25) is 10.1 Å². The maximum Gasteiger partial charge on any atom is 0.293 e. The first-order valence-electron chi connectivity index (χ1n) is 7.26. The van der Waals surface area contributed by atoms with Gasteiger partial charge in [-0.15, -0.1) is 0 Å². The van der Waals surface area contributed by atoms with Crippen LogP contribution in [0.3, 0.4) is 0 Å². The predicted octanol–water partition coefficient (Wildman–Crippen LogP) is 0.889. The van der Waals surface area contributed by atoms with Crippen molar-refractivity contribution in [3.05, 3.63) is 52.5 Å². The van der Waals surface area contributed by atoms with Crippen molar-refractivity contribution in [1.29, 1.82) is 0 Å². The van der Waals surface area contributed by atoms with Crippen LogP contribution >= 0.6 is 0 Å². The summed E-state index contributed by atoms with van der Waals surface area (Å²) in [5, 5.41) is 14.3. The number of nitro benzene ring substituents is 1. The molecular formula is C15H20N3O5S+. The molecule has 0 aliphatic rings. The summed E-state index contributed by atoms with van der Waals surface area (Å²) in [5.41, 5.74) is -0.00455. The maximum absolute atomic E-state index is 11.6. The third-order valence-corrected chi connectivity index (χ3v) is 4.78. The fraction of sp³-hybridized carbons (Fsp3) is 0.333. The van der Waals surface area contributed by atoms with Crippen LogP contribution < -0.4 is 10.2 Å². The van der Waals surface area contributed by atoms with Gasteiger partial charge in [-0.25, -0.2) is 8.42 Å². The molecule has 0 fully saturated rings. The number of nitrogens with zero attached hydrogens (tertiary/aromatic N) is 1. The molecule has 0 bridgehead atoms. The second-order valence-corrected chi connectivity index (χ2v) is 7.75. The van der Waals surface area contributed by atoms with E-state index in [-0.39, 0.29) is 22.3 Å². The van der Waals surface area contributed by atoms with Crippen LogP contribution in [0.25, 0.3) is 0 Å². The van der Waals surface area contributed by atoms with Gasteiger partial charge < -0.3 is 14.6 Å². The van der Waals surface area contributed by atoms with Crippen LogP contribution in [0, 0.1) is 10.1 Å². The Labute approximate surface area is 140 Å². The Kier molecular flexibility index (Phi) is 5.25. The van der Waals surface area contributed by atoms with E-state index < -0.39 is 14.8 Å². The lowest BCUT2D eigenvalue weighted by Gasteiger charge is -2.20. The monoisotopic (exact) mass is 354 g/mol. The number of benzene rings is 1. The van der Waals surface area contributed by atoms with E-state index in [9.17, 15) is 18.5 Å². The molecule has 2 aromatic rings. The number of hydrogen-bond acceptors (Lipinski definition) is 6. The molecule has 0 saturated carbocycles. The van der Waals surface area contributed by atoms with Crippen LogP contribution in [0.5, 0.6) is 0 Å². The molecule has 2 rings (SSSR count). The Bertz CT molecular complexity index is 816. The topological polar surface area (TPSA) is 107 Å². The average molecular weight is 354 g/mol. The molecule has 0 unspecified atom stereocenters. The first kappa shape index (κ1) is 18.0. The Hall–Kier alpha value is -2.39. The number of furan rings is 1. The zero-order chi connectivity index (χ0) is 17.9. The van der Waals surface area contributed by atoms with Gasteiger partial charge >= 0.3 is 0 Å². The van der Waals surface area contributed by atoms with E-state index in [4.69, 9.17) is 4.42 Å². The fourth-order valence-electron chi connectivity index (χ4n) is 2.33. The number of anilines is 1. The summed E-state index contributed by atoms with van der Waals surface area (Å²) < 4.78 is 28.6. The lowest BCUT2D eigenvalue weighted by molar-refractivity contribution is -0.891. The van der Waals surface area contributed by atoms with Gasteiger partial charge in [0.1, 0.15) is 5.69 Å². The lowest BCUT2D eigenvalue weighted by atomic mass is 10.2. The molecule has 1 aromatic heterocycles. The van der Waals surface area contributed by atoms with E-state index in [1.54, 1.807) is 12.3 Å². The summed E-state index contributed by atoms with van der Waals surface area (Å²) >= 11 is 0. The zero-order valence-electron chi connectivity index (χ0n) is 13.6. The second kappa shape index (κ2) is 7.02. The van der Waals surface area contributed by atoms with Crippen molar-refractivity contribution < 1.29 is 22.7 Å². The van der Waals surface area contributed by atoms with Crippen LogP contribution in [0.1, 0.15) is 11.8 Å². The van der Waals surface area contributed by atoms with E-state index in [1.165, 1.54) is 12.1 Å². The predicted molar refractivity (Wildman–Crippen MR) is 89.0 cm³/mol. The number of sulfone groups is 1. The third kappa shape index (κ3) is 4.12. The van der Waals surface area contributed by atoms with Gasteiger partial charge in [0.05, 0.1) is 36.7 Å². The smallest absolute Gasteiger partial charge is 0.293 e. The molecule has 8 nitrogen and oxygen atoms in total. The van der Waals surface area contributed by atoms with Gasteiger partial charge in [0.15, 0.2) is 21.6 Å². The summed E-state index contributed by atoms with van der Waals surface area (Å²) in [7, 11) is 0.402. The average Bonchev–Trinajstić information content (AvgIpc) is 3.00. The molecule has 9 heteroatoms. The molecular weight excluding hydrogens is 334 g/mol. The van der Waals surface area contributed by atoms with Gasteiger partial charge in [0.2, 0.25) is 0 Å². The van der Waals surface area contributed by atoms with Gasteiger partial charge in [-0.05, 0) is 24.3 Å². The summed E-state index contributed by atoms with van der Waals surface area (Å²) in [5.74, 6) is 0.762.